The molecule has 1 aromatic carbocycles. The molecule has 1 atom stereocenters. The van der Waals surface area contributed by atoms with Gasteiger partial charge in [-0.1, -0.05) is 18.2 Å². The average Bonchev–Trinajstić information content (AvgIpc) is 3.09. The Labute approximate surface area is 168 Å². The molecule has 0 bridgehead atoms. The number of hydrogen-bond donors (Lipinski definition) is 0. The third-order valence-corrected chi connectivity index (χ3v) is 5.37. The molecule has 7 nitrogen and oxygen atoms in total. The van der Waals surface area contributed by atoms with E-state index in [0.717, 1.165) is 0 Å². The summed E-state index contributed by atoms with van der Waals surface area (Å²) in [6, 6.07) is 12.4. The Morgan fingerprint density at radius 3 is 2.52 bits per heavy atom. The predicted octanol–water partition coefficient (Wildman–Crippen LogP) is 2.13. The molecule has 2 aromatic heterocycles. The smallest absolute Gasteiger partial charge is 0.295 e. The van der Waals surface area contributed by atoms with Crippen molar-refractivity contribution in [2.24, 2.45) is 7.05 Å². The average molecular weight is 390 g/mol. The fourth-order valence-electron chi connectivity index (χ4n) is 3.85. The summed E-state index contributed by atoms with van der Waals surface area (Å²) in [4.78, 5) is 46.1. The van der Waals surface area contributed by atoms with E-state index >= 15 is 0 Å². The maximum Gasteiger partial charge on any atom is 0.295 e. The SMILES string of the molecule is CC1CN(C(=O)c2ccccc2)CCN1C(=O)C(=O)c1cn(C)c2ncccc12. The third kappa shape index (κ3) is 3.40. The number of hydrogen-bond acceptors (Lipinski definition) is 4. The minimum atomic E-state index is -0.543. The number of pyridine rings is 1. The normalized spacial score (nSPS) is 16.8. The van der Waals surface area contributed by atoms with Crippen LogP contribution in [0.25, 0.3) is 11.0 Å². The molecule has 3 aromatic rings. The quantitative estimate of drug-likeness (QED) is 0.507. The molecular weight excluding hydrogens is 368 g/mol. The maximum atomic E-state index is 13.0. The predicted molar refractivity (Wildman–Crippen MR) is 109 cm³/mol. The first-order valence-corrected chi connectivity index (χ1v) is 9.57. The Balaban J connectivity index is 1.50. The number of aryl methyl sites for hydroxylation is 1. The van der Waals surface area contributed by atoms with Gasteiger partial charge in [0, 0.05) is 56.1 Å². The fraction of sp³-hybridized carbons (Fsp3) is 0.273. The number of piperazine rings is 1. The second-order valence-corrected chi connectivity index (χ2v) is 7.32. The van der Waals surface area contributed by atoms with E-state index < -0.39 is 11.7 Å². The minimum absolute atomic E-state index is 0.0593. The van der Waals surface area contributed by atoms with E-state index in [1.807, 2.05) is 25.1 Å². The lowest BCUT2D eigenvalue weighted by atomic mass is 10.1. The molecule has 0 radical (unpaired) electrons. The molecule has 0 N–H and O–H groups in total. The van der Waals surface area contributed by atoms with Crippen LogP contribution in [-0.2, 0) is 11.8 Å². The Kier molecular flexibility index (Phi) is 4.88. The van der Waals surface area contributed by atoms with Gasteiger partial charge < -0.3 is 14.4 Å². The van der Waals surface area contributed by atoms with Crippen LogP contribution in [0.1, 0.15) is 27.6 Å². The molecule has 0 aliphatic carbocycles. The van der Waals surface area contributed by atoms with Crippen LogP contribution >= 0.6 is 0 Å². The van der Waals surface area contributed by atoms with Crippen molar-refractivity contribution in [3.63, 3.8) is 0 Å². The van der Waals surface area contributed by atoms with Gasteiger partial charge in [-0.05, 0) is 31.2 Å². The first-order chi connectivity index (χ1) is 14.0. The molecular formula is C22H22N4O3. The summed E-state index contributed by atoms with van der Waals surface area (Å²) in [6.07, 6.45) is 3.31. The van der Waals surface area contributed by atoms with Crippen molar-refractivity contribution in [3.8, 4) is 0 Å². The van der Waals surface area contributed by atoms with Gasteiger partial charge >= 0.3 is 0 Å². The molecule has 1 saturated heterocycles. The van der Waals surface area contributed by atoms with Crippen molar-refractivity contribution in [2.45, 2.75) is 13.0 Å². The first-order valence-electron chi connectivity index (χ1n) is 9.57. The fourth-order valence-corrected chi connectivity index (χ4v) is 3.85. The van der Waals surface area contributed by atoms with E-state index in [2.05, 4.69) is 4.98 Å². The Morgan fingerprint density at radius 1 is 1.03 bits per heavy atom. The number of nitrogens with zero attached hydrogens (tertiary/aromatic N) is 4. The van der Waals surface area contributed by atoms with Gasteiger partial charge in [-0.2, -0.15) is 0 Å². The number of aromatic nitrogens is 2. The number of amides is 2. The highest BCUT2D eigenvalue weighted by atomic mass is 16.2. The van der Waals surface area contributed by atoms with Crippen LogP contribution < -0.4 is 0 Å². The van der Waals surface area contributed by atoms with Crippen LogP contribution in [0.15, 0.2) is 54.9 Å². The Bertz CT molecular complexity index is 1090. The van der Waals surface area contributed by atoms with Gasteiger partial charge in [-0.3, -0.25) is 14.4 Å². The number of Topliss-reactive ketones (excluding diaryl/α,β-unsaturated/α-hetero) is 1. The van der Waals surface area contributed by atoms with Crippen molar-refractivity contribution >= 4 is 28.6 Å². The second-order valence-electron chi connectivity index (χ2n) is 7.32. The van der Waals surface area contributed by atoms with Gasteiger partial charge in [0.2, 0.25) is 0 Å². The van der Waals surface area contributed by atoms with Crippen molar-refractivity contribution in [2.75, 3.05) is 19.6 Å². The summed E-state index contributed by atoms with van der Waals surface area (Å²) >= 11 is 0. The lowest BCUT2D eigenvalue weighted by molar-refractivity contribution is -0.130. The van der Waals surface area contributed by atoms with Crippen LogP contribution in [0.2, 0.25) is 0 Å². The van der Waals surface area contributed by atoms with E-state index in [1.165, 1.54) is 0 Å². The molecule has 1 unspecified atom stereocenters. The molecule has 3 heterocycles. The summed E-state index contributed by atoms with van der Waals surface area (Å²) in [7, 11) is 1.80. The zero-order valence-electron chi connectivity index (χ0n) is 16.4. The largest absolute Gasteiger partial charge is 0.335 e. The number of carbonyl (C=O) groups excluding carboxylic acids is 3. The molecule has 1 aliphatic heterocycles. The van der Waals surface area contributed by atoms with Gasteiger partial charge in [0.05, 0.1) is 5.56 Å². The van der Waals surface area contributed by atoms with E-state index in [-0.39, 0.29) is 11.9 Å². The number of benzene rings is 1. The zero-order chi connectivity index (χ0) is 20.5. The van der Waals surface area contributed by atoms with Crippen molar-refractivity contribution in [3.05, 3.63) is 66.0 Å². The number of carbonyl (C=O) groups is 3. The molecule has 1 aliphatic rings. The van der Waals surface area contributed by atoms with Crippen LogP contribution in [0.5, 0.6) is 0 Å². The van der Waals surface area contributed by atoms with E-state index in [1.54, 1.807) is 58.1 Å². The third-order valence-electron chi connectivity index (χ3n) is 5.37. The van der Waals surface area contributed by atoms with E-state index in [9.17, 15) is 14.4 Å². The second kappa shape index (κ2) is 7.50. The highest BCUT2D eigenvalue weighted by molar-refractivity contribution is 6.44. The zero-order valence-corrected chi connectivity index (χ0v) is 16.4. The summed E-state index contributed by atoms with van der Waals surface area (Å²) in [5, 5.41) is 0.666. The molecule has 4 rings (SSSR count). The summed E-state index contributed by atoms with van der Waals surface area (Å²) in [6.45, 7) is 2.98. The van der Waals surface area contributed by atoms with Crippen molar-refractivity contribution in [1.29, 1.82) is 0 Å². The maximum absolute atomic E-state index is 13.0. The molecule has 0 spiro atoms. The molecule has 7 heteroatoms. The molecule has 2 amide bonds. The van der Waals surface area contributed by atoms with E-state index in [0.29, 0.717) is 41.8 Å². The number of ketones is 1. The number of rotatable bonds is 3. The Morgan fingerprint density at radius 2 is 1.79 bits per heavy atom. The monoisotopic (exact) mass is 390 g/mol. The van der Waals surface area contributed by atoms with Gasteiger partial charge in [-0.25, -0.2) is 4.98 Å². The van der Waals surface area contributed by atoms with Crippen LogP contribution in [0.3, 0.4) is 0 Å². The summed E-state index contributed by atoms with van der Waals surface area (Å²) in [5.74, 6) is -1.14. The van der Waals surface area contributed by atoms with Crippen LogP contribution in [-0.4, -0.2) is 62.6 Å². The topological polar surface area (TPSA) is 75.5 Å². The van der Waals surface area contributed by atoms with Crippen LogP contribution in [0, 0.1) is 0 Å². The molecule has 0 saturated carbocycles. The highest BCUT2D eigenvalue weighted by Crippen LogP contribution is 2.21. The first kappa shape index (κ1) is 18.9. The number of fused-ring (bicyclic) bond motifs is 1. The lowest BCUT2D eigenvalue weighted by Crippen LogP contribution is -2.56. The summed E-state index contributed by atoms with van der Waals surface area (Å²) in [5.41, 5.74) is 1.64. The van der Waals surface area contributed by atoms with Gasteiger partial charge in [0.1, 0.15) is 5.65 Å². The lowest BCUT2D eigenvalue weighted by Gasteiger charge is -2.39. The van der Waals surface area contributed by atoms with Crippen molar-refractivity contribution in [1.82, 2.24) is 19.4 Å². The standard InChI is InChI=1S/C22H22N4O3/c1-15-13-25(21(28)16-7-4-3-5-8-16)11-12-26(15)22(29)19(27)18-14-24(2)20-17(18)9-6-10-23-20/h3-10,14-15H,11-13H2,1-2H3. The molecule has 148 valence electrons. The van der Waals surface area contributed by atoms with Gasteiger partial charge in [0.25, 0.3) is 17.6 Å². The van der Waals surface area contributed by atoms with Crippen molar-refractivity contribution < 1.29 is 14.4 Å². The minimum Gasteiger partial charge on any atom is -0.335 e. The Hall–Kier alpha value is -3.48. The highest BCUT2D eigenvalue weighted by Gasteiger charge is 2.34. The van der Waals surface area contributed by atoms with Gasteiger partial charge in [-0.15, -0.1) is 0 Å². The van der Waals surface area contributed by atoms with E-state index in [4.69, 9.17) is 0 Å². The molecule has 29 heavy (non-hydrogen) atoms. The van der Waals surface area contributed by atoms with Gasteiger partial charge in [0.15, 0.2) is 0 Å². The molecule has 1 fully saturated rings. The van der Waals surface area contributed by atoms with Crippen LogP contribution in [0.4, 0.5) is 0 Å². The summed E-state index contributed by atoms with van der Waals surface area (Å²) < 4.78 is 1.75.